The maximum Gasteiger partial charge on any atom is 0.225 e. The van der Waals surface area contributed by atoms with E-state index in [1.807, 2.05) is 35.6 Å². The predicted octanol–water partition coefficient (Wildman–Crippen LogP) is 5.38. The quantitative estimate of drug-likeness (QED) is 0.628. The Balaban J connectivity index is 1.48. The molecule has 2 heterocycles. The molecule has 0 bridgehead atoms. The Morgan fingerprint density at radius 1 is 1.11 bits per heavy atom. The van der Waals surface area contributed by atoms with Gasteiger partial charge in [0, 0.05) is 24.4 Å². The lowest BCUT2D eigenvalue weighted by molar-refractivity contribution is -0.116. The second-order valence-corrected chi connectivity index (χ2v) is 8.08. The van der Waals surface area contributed by atoms with Gasteiger partial charge in [0.05, 0.1) is 16.8 Å². The first-order valence-electron chi connectivity index (χ1n) is 9.12. The number of halogens is 1. The first-order chi connectivity index (χ1) is 13.2. The summed E-state index contributed by atoms with van der Waals surface area (Å²) in [5.41, 5.74) is 3.33. The van der Waals surface area contributed by atoms with E-state index in [-0.39, 0.29) is 11.9 Å². The Hall–Kier alpha value is -2.14. The molecule has 1 aliphatic heterocycles. The van der Waals surface area contributed by atoms with Gasteiger partial charge in [0.25, 0.3) is 0 Å². The smallest absolute Gasteiger partial charge is 0.225 e. The van der Waals surface area contributed by atoms with Crippen LogP contribution in [0.15, 0.2) is 66.0 Å². The molecule has 27 heavy (non-hydrogen) atoms. The fraction of sp³-hybridized carbons (Fsp3) is 0.227. The third kappa shape index (κ3) is 4.08. The molecule has 1 unspecified atom stereocenters. The highest BCUT2D eigenvalue weighted by Gasteiger charge is 2.29. The van der Waals surface area contributed by atoms with Crippen LogP contribution in [-0.4, -0.2) is 23.9 Å². The van der Waals surface area contributed by atoms with Crippen LogP contribution in [0.25, 0.3) is 0 Å². The van der Waals surface area contributed by atoms with Gasteiger partial charge >= 0.3 is 0 Å². The van der Waals surface area contributed by atoms with Crippen LogP contribution >= 0.6 is 22.9 Å². The lowest BCUT2D eigenvalue weighted by Gasteiger charge is -2.36. The highest BCUT2D eigenvalue weighted by Crippen LogP contribution is 2.37. The van der Waals surface area contributed by atoms with Crippen LogP contribution in [-0.2, 0) is 11.2 Å². The molecular formula is C22H21ClN2OS. The highest BCUT2D eigenvalue weighted by molar-refractivity contribution is 7.10. The van der Waals surface area contributed by atoms with Crippen LogP contribution < -0.4 is 5.32 Å². The fourth-order valence-corrected chi connectivity index (χ4v) is 4.74. The Labute approximate surface area is 168 Å². The summed E-state index contributed by atoms with van der Waals surface area (Å²) < 4.78 is 0. The SMILES string of the molecule is O=C(CCN1CCc2sccc2C1c1ccccc1)Nc1ccccc1Cl. The van der Waals surface area contributed by atoms with Crippen molar-refractivity contribution in [2.24, 2.45) is 0 Å². The maximum absolute atomic E-state index is 12.5. The number of nitrogens with one attached hydrogen (secondary N) is 1. The maximum atomic E-state index is 12.5. The van der Waals surface area contributed by atoms with E-state index in [9.17, 15) is 4.79 Å². The zero-order valence-corrected chi connectivity index (χ0v) is 16.5. The van der Waals surface area contributed by atoms with E-state index < -0.39 is 0 Å². The van der Waals surface area contributed by atoms with Crippen molar-refractivity contribution in [2.45, 2.75) is 18.9 Å². The summed E-state index contributed by atoms with van der Waals surface area (Å²) in [5.74, 6) is -0.00831. The van der Waals surface area contributed by atoms with Gasteiger partial charge in [-0.05, 0) is 41.1 Å². The number of hydrogen-bond donors (Lipinski definition) is 1. The van der Waals surface area contributed by atoms with E-state index >= 15 is 0 Å². The van der Waals surface area contributed by atoms with Crippen LogP contribution in [0.1, 0.15) is 28.5 Å². The van der Waals surface area contributed by atoms with Gasteiger partial charge in [0.15, 0.2) is 0 Å². The third-order valence-electron chi connectivity index (χ3n) is 4.96. The van der Waals surface area contributed by atoms with Crippen molar-refractivity contribution in [3.05, 3.63) is 87.1 Å². The molecule has 0 saturated heterocycles. The normalized spacial score (nSPS) is 16.7. The van der Waals surface area contributed by atoms with Gasteiger partial charge in [-0.2, -0.15) is 0 Å². The van der Waals surface area contributed by atoms with Gasteiger partial charge in [-0.25, -0.2) is 0 Å². The van der Waals surface area contributed by atoms with Crippen LogP contribution in [0, 0.1) is 0 Å². The van der Waals surface area contributed by atoms with Crippen LogP contribution in [0.2, 0.25) is 5.02 Å². The number of rotatable bonds is 5. The Morgan fingerprint density at radius 3 is 2.70 bits per heavy atom. The van der Waals surface area contributed by atoms with Gasteiger partial charge < -0.3 is 5.32 Å². The summed E-state index contributed by atoms with van der Waals surface area (Å²) in [5, 5.41) is 5.66. The monoisotopic (exact) mass is 396 g/mol. The summed E-state index contributed by atoms with van der Waals surface area (Å²) in [7, 11) is 0. The first-order valence-corrected chi connectivity index (χ1v) is 10.4. The van der Waals surface area contributed by atoms with Crippen LogP contribution in [0.4, 0.5) is 5.69 Å². The predicted molar refractivity (Wildman–Crippen MR) is 113 cm³/mol. The molecule has 4 rings (SSSR count). The summed E-state index contributed by atoms with van der Waals surface area (Å²) in [6, 6.07) is 20.3. The largest absolute Gasteiger partial charge is 0.325 e. The van der Waals surface area contributed by atoms with Gasteiger partial charge in [-0.1, -0.05) is 54.1 Å². The lowest BCUT2D eigenvalue weighted by atomic mass is 9.93. The number of amides is 1. The van der Waals surface area contributed by atoms with Gasteiger partial charge in [-0.3, -0.25) is 9.69 Å². The fourth-order valence-electron chi connectivity index (χ4n) is 3.66. The van der Waals surface area contributed by atoms with Crippen molar-refractivity contribution < 1.29 is 4.79 Å². The van der Waals surface area contributed by atoms with E-state index in [0.717, 1.165) is 13.0 Å². The number of thiophene rings is 1. The number of nitrogens with zero attached hydrogens (tertiary/aromatic N) is 1. The lowest BCUT2D eigenvalue weighted by Crippen LogP contribution is -2.37. The molecule has 3 nitrogen and oxygen atoms in total. The standard InChI is InChI=1S/C22H21ClN2OS/c23-18-8-4-5-9-19(18)24-21(26)11-14-25-13-10-20-17(12-15-27-20)22(25)16-6-2-1-3-7-16/h1-9,12,15,22H,10-11,13-14H2,(H,24,26). The van der Waals surface area contributed by atoms with Gasteiger partial charge in [0.1, 0.15) is 0 Å². The molecule has 0 fully saturated rings. The van der Waals surface area contributed by atoms with Crippen molar-refractivity contribution in [1.82, 2.24) is 4.90 Å². The van der Waals surface area contributed by atoms with E-state index in [1.165, 1.54) is 16.0 Å². The molecule has 0 radical (unpaired) electrons. The summed E-state index contributed by atoms with van der Waals surface area (Å²) in [6.45, 7) is 1.68. The van der Waals surface area contributed by atoms with Crippen molar-refractivity contribution in [3.8, 4) is 0 Å². The molecule has 1 aliphatic rings. The second-order valence-electron chi connectivity index (χ2n) is 6.68. The Bertz CT molecular complexity index is 925. The average Bonchev–Trinajstić information content (AvgIpc) is 3.17. The molecular weight excluding hydrogens is 376 g/mol. The van der Waals surface area contributed by atoms with Crippen LogP contribution in [0.3, 0.4) is 0 Å². The number of fused-ring (bicyclic) bond motifs is 1. The van der Waals surface area contributed by atoms with E-state index in [0.29, 0.717) is 23.7 Å². The molecule has 0 aliphatic carbocycles. The summed E-state index contributed by atoms with van der Waals surface area (Å²) >= 11 is 7.97. The molecule has 0 spiro atoms. The first kappa shape index (κ1) is 18.2. The molecule has 1 aromatic heterocycles. The molecule has 1 atom stereocenters. The molecule has 5 heteroatoms. The highest BCUT2D eigenvalue weighted by atomic mass is 35.5. The number of benzene rings is 2. The van der Waals surface area contributed by atoms with E-state index in [2.05, 4.69) is 45.9 Å². The molecule has 3 aromatic rings. The minimum Gasteiger partial charge on any atom is -0.325 e. The summed E-state index contributed by atoms with van der Waals surface area (Å²) in [6.07, 6.45) is 1.48. The zero-order valence-electron chi connectivity index (χ0n) is 14.9. The zero-order chi connectivity index (χ0) is 18.6. The van der Waals surface area contributed by atoms with Crippen molar-refractivity contribution in [2.75, 3.05) is 18.4 Å². The average molecular weight is 397 g/mol. The van der Waals surface area contributed by atoms with Crippen molar-refractivity contribution in [1.29, 1.82) is 0 Å². The van der Waals surface area contributed by atoms with Crippen molar-refractivity contribution in [3.63, 3.8) is 0 Å². The number of para-hydroxylation sites is 1. The van der Waals surface area contributed by atoms with Crippen LogP contribution in [0.5, 0.6) is 0 Å². The molecule has 1 amide bonds. The second kappa shape index (κ2) is 8.26. The topological polar surface area (TPSA) is 32.3 Å². The van der Waals surface area contributed by atoms with Crippen molar-refractivity contribution >= 4 is 34.5 Å². The Morgan fingerprint density at radius 2 is 1.89 bits per heavy atom. The van der Waals surface area contributed by atoms with Gasteiger partial charge in [0.2, 0.25) is 5.91 Å². The number of carbonyl (C=O) groups excluding carboxylic acids is 1. The minimum atomic E-state index is -0.00831. The Kier molecular flexibility index (Phi) is 5.58. The number of carbonyl (C=O) groups is 1. The molecule has 1 N–H and O–H groups in total. The third-order valence-corrected chi connectivity index (χ3v) is 6.28. The summed E-state index contributed by atoms with van der Waals surface area (Å²) in [4.78, 5) is 16.3. The molecule has 0 saturated carbocycles. The molecule has 2 aromatic carbocycles. The number of anilines is 1. The van der Waals surface area contributed by atoms with E-state index in [1.54, 1.807) is 6.07 Å². The van der Waals surface area contributed by atoms with Gasteiger partial charge in [-0.15, -0.1) is 11.3 Å². The minimum absolute atomic E-state index is 0.00831. The number of hydrogen-bond acceptors (Lipinski definition) is 3. The molecule has 138 valence electrons. The van der Waals surface area contributed by atoms with E-state index in [4.69, 9.17) is 11.6 Å².